The van der Waals surface area contributed by atoms with Crippen molar-refractivity contribution in [3.63, 3.8) is 0 Å². The molecule has 0 unspecified atom stereocenters. The molecule has 2 aromatic rings. The van der Waals surface area contributed by atoms with Crippen LogP contribution in [0.1, 0.15) is 16.1 Å². The number of furan rings is 1. The molecule has 0 saturated heterocycles. The van der Waals surface area contributed by atoms with Gasteiger partial charge in [-0.15, -0.1) is 0 Å². The lowest BCUT2D eigenvalue weighted by molar-refractivity contribution is -0.132. The van der Waals surface area contributed by atoms with Gasteiger partial charge in [0.2, 0.25) is 11.8 Å². The van der Waals surface area contributed by atoms with E-state index in [9.17, 15) is 14.4 Å². The molecule has 3 amide bonds. The van der Waals surface area contributed by atoms with Gasteiger partial charge in [0.25, 0.3) is 5.91 Å². The summed E-state index contributed by atoms with van der Waals surface area (Å²) in [5.74, 6) is -1.07. The lowest BCUT2D eigenvalue weighted by Gasteiger charge is -2.17. The second kappa shape index (κ2) is 8.48. The first-order valence-corrected chi connectivity index (χ1v) is 8.28. The van der Waals surface area contributed by atoms with E-state index >= 15 is 0 Å². The summed E-state index contributed by atoms with van der Waals surface area (Å²) in [4.78, 5) is 37.0. The predicted molar refractivity (Wildman–Crippen MR) is 96.2 cm³/mol. The number of nitrogens with one attached hydrogen (secondary N) is 2. The third-order valence-corrected chi connectivity index (χ3v) is 3.91. The normalized spacial score (nSPS) is 10.2. The average molecular weight is 408 g/mol. The van der Waals surface area contributed by atoms with E-state index in [2.05, 4.69) is 26.6 Å². The van der Waals surface area contributed by atoms with Gasteiger partial charge in [-0.3, -0.25) is 14.4 Å². The summed E-state index contributed by atoms with van der Waals surface area (Å²) in [6, 6.07) is 8.56. The number of likely N-dealkylation sites (N-methyl/N-ethyl adjacent to an activating group) is 1. The fourth-order valence-corrected chi connectivity index (χ4v) is 2.52. The quantitative estimate of drug-likeness (QED) is 0.767. The van der Waals surface area contributed by atoms with Gasteiger partial charge in [-0.2, -0.15) is 0 Å². The molecule has 0 aliphatic heterocycles. The number of hydrogen-bond acceptors (Lipinski definition) is 4. The van der Waals surface area contributed by atoms with Gasteiger partial charge in [-0.25, -0.2) is 0 Å². The van der Waals surface area contributed by atoms with Crippen LogP contribution < -0.4 is 10.6 Å². The molecule has 0 spiro atoms. The molecule has 0 aliphatic rings. The van der Waals surface area contributed by atoms with Crippen molar-refractivity contribution in [1.82, 2.24) is 10.2 Å². The third kappa shape index (κ3) is 5.46. The molecule has 0 aliphatic carbocycles. The Labute approximate surface area is 153 Å². The molecule has 8 heteroatoms. The van der Waals surface area contributed by atoms with Gasteiger partial charge in [0, 0.05) is 17.2 Å². The highest BCUT2D eigenvalue weighted by Crippen LogP contribution is 2.19. The Morgan fingerprint density at radius 2 is 2.00 bits per heavy atom. The van der Waals surface area contributed by atoms with Crippen molar-refractivity contribution in [3.05, 3.63) is 52.4 Å². The summed E-state index contributed by atoms with van der Waals surface area (Å²) in [6.45, 7) is 1.53. The van der Waals surface area contributed by atoms with Crippen molar-refractivity contribution in [2.24, 2.45) is 0 Å². The Hall–Kier alpha value is -2.61. The monoisotopic (exact) mass is 407 g/mol. The summed E-state index contributed by atoms with van der Waals surface area (Å²) in [5, 5.41) is 5.20. The molecule has 0 fully saturated rings. The Morgan fingerprint density at radius 1 is 1.24 bits per heavy atom. The van der Waals surface area contributed by atoms with E-state index in [4.69, 9.17) is 4.42 Å². The Morgan fingerprint density at radius 3 is 2.64 bits per heavy atom. The molecule has 132 valence electrons. The van der Waals surface area contributed by atoms with Gasteiger partial charge in [0.1, 0.15) is 0 Å². The molecule has 1 heterocycles. The summed E-state index contributed by atoms with van der Waals surface area (Å²) in [6.07, 6.45) is 1.37. The molecule has 1 aromatic carbocycles. The minimum absolute atomic E-state index is 0.120. The molecular formula is C17H18BrN3O4. The van der Waals surface area contributed by atoms with Crippen LogP contribution in [0.5, 0.6) is 0 Å². The van der Waals surface area contributed by atoms with Crippen molar-refractivity contribution in [3.8, 4) is 0 Å². The van der Waals surface area contributed by atoms with E-state index < -0.39 is 5.91 Å². The summed E-state index contributed by atoms with van der Waals surface area (Å²) in [5.41, 5.74) is 1.59. The topological polar surface area (TPSA) is 91.7 Å². The van der Waals surface area contributed by atoms with Crippen LogP contribution in [0.4, 0.5) is 5.69 Å². The number of carbonyl (C=O) groups excluding carboxylic acids is 3. The first-order chi connectivity index (χ1) is 11.9. The summed E-state index contributed by atoms with van der Waals surface area (Å²) in [7, 11) is 1.50. The Kier molecular flexibility index (Phi) is 6.35. The van der Waals surface area contributed by atoms with Crippen molar-refractivity contribution in [2.75, 3.05) is 25.5 Å². The number of amides is 3. The zero-order valence-corrected chi connectivity index (χ0v) is 15.4. The standard InChI is InChI=1S/C17H18BrN3O4/c1-11-8-12(18)5-6-13(11)20-15(22)10-21(2)16(23)9-19-17(24)14-4-3-7-25-14/h3-8H,9-10H2,1-2H3,(H,19,24)(H,20,22). The molecular weight excluding hydrogens is 390 g/mol. The van der Waals surface area contributed by atoms with Crippen LogP contribution in [0.3, 0.4) is 0 Å². The van der Waals surface area contributed by atoms with Crippen LogP contribution in [0, 0.1) is 6.92 Å². The second-order valence-corrected chi connectivity index (χ2v) is 6.33. The van der Waals surface area contributed by atoms with Gasteiger partial charge in [0.15, 0.2) is 5.76 Å². The average Bonchev–Trinajstić information content (AvgIpc) is 3.09. The van der Waals surface area contributed by atoms with Gasteiger partial charge >= 0.3 is 0 Å². The van der Waals surface area contributed by atoms with Crippen LogP contribution >= 0.6 is 15.9 Å². The molecule has 7 nitrogen and oxygen atoms in total. The minimum atomic E-state index is -0.485. The highest BCUT2D eigenvalue weighted by atomic mass is 79.9. The minimum Gasteiger partial charge on any atom is -0.459 e. The van der Waals surface area contributed by atoms with Gasteiger partial charge in [-0.05, 0) is 42.8 Å². The molecule has 2 rings (SSSR count). The van der Waals surface area contributed by atoms with E-state index in [1.165, 1.54) is 24.3 Å². The van der Waals surface area contributed by atoms with E-state index in [-0.39, 0.29) is 30.7 Å². The fraction of sp³-hybridized carbons (Fsp3) is 0.235. The number of anilines is 1. The fourth-order valence-electron chi connectivity index (χ4n) is 2.05. The van der Waals surface area contributed by atoms with Crippen molar-refractivity contribution in [1.29, 1.82) is 0 Å². The van der Waals surface area contributed by atoms with Crippen LogP contribution in [0.15, 0.2) is 45.5 Å². The van der Waals surface area contributed by atoms with E-state index in [0.717, 1.165) is 10.0 Å². The molecule has 2 N–H and O–H groups in total. The van der Waals surface area contributed by atoms with Crippen LogP contribution in [0.2, 0.25) is 0 Å². The van der Waals surface area contributed by atoms with E-state index in [1.54, 1.807) is 12.1 Å². The van der Waals surface area contributed by atoms with Crippen LogP contribution in [0.25, 0.3) is 0 Å². The Balaban J connectivity index is 1.81. The third-order valence-electron chi connectivity index (χ3n) is 3.41. The number of hydrogen-bond donors (Lipinski definition) is 2. The maximum Gasteiger partial charge on any atom is 0.287 e. The SMILES string of the molecule is Cc1cc(Br)ccc1NC(=O)CN(C)C(=O)CNC(=O)c1ccco1. The molecule has 1 aromatic heterocycles. The first kappa shape index (κ1) is 18.7. The van der Waals surface area contributed by atoms with Crippen LogP contribution in [-0.2, 0) is 9.59 Å². The highest BCUT2D eigenvalue weighted by molar-refractivity contribution is 9.10. The largest absolute Gasteiger partial charge is 0.459 e. The van der Waals surface area contributed by atoms with E-state index in [0.29, 0.717) is 5.69 Å². The lowest BCUT2D eigenvalue weighted by atomic mass is 10.2. The second-order valence-electron chi connectivity index (χ2n) is 5.42. The molecule has 0 saturated carbocycles. The van der Waals surface area contributed by atoms with Gasteiger partial charge in [-0.1, -0.05) is 15.9 Å². The molecule has 25 heavy (non-hydrogen) atoms. The molecule has 0 radical (unpaired) electrons. The van der Waals surface area contributed by atoms with Crippen LogP contribution in [-0.4, -0.2) is 42.8 Å². The molecule has 0 bridgehead atoms. The predicted octanol–water partition coefficient (Wildman–Crippen LogP) is 2.18. The van der Waals surface area contributed by atoms with Gasteiger partial charge < -0.3 is 20.0 Å². The number of rotatable bonds is 6. The van der Waals surface area contributed by atoms with Crippen molar-refractivity contribution in [2.45, 2.75) is 6.92 Å². The Bertz CT molecular complexity index is 774. The zero-order valence-electron chi connectivity index (χ0n) is 13.8. The number of nitrogens with zero attached hydrogens (tertiary/aromatic N) is 1. The summed E-state index contributed by atoms with van der Waals surface area (Å²) >= 11 is 3.36. The maximum atomic E-state index is 12.1. The lowest BCUT2D eigenvalue weighted by Crippen LogP contribution is -2.41. The smallest absolute Gasteiger partial charge is 0.287 e. The number of aryl methyl sites for hydroxylation is 1. The molecule has 0 atom stereocenters. The van der Waals surface area contributed by atoms with Crippen molar-refractivity contribution < 1.29 is 18.8 Å². The zero-order chi connectivity index (χ0) is 18.4. The van der Waals surface area contributed by atoms with Gasteiger partial charge in [0.05, 0.1) is 19.4 Å². The number of halogens is 1. The highest BCUT2D eigenvalue weighted by Gasteiger charge is 2.16. The van der Waals surface area contributed by atoms with Crippen molar-refractivity contribution >= 4 is 39.3 Å². The number of carbonyl (C=O) groups is 3. The first-order valence-electron chi connectivity index (χ1n) is 7.48. The van der Waals surface area contributed by atoms with E-state index in [1.807, 2.05) is 19.1 Å². The maximum absolute atomic E-state index is 12.1. The number of benzene rings is 1. The summed E-state index contributed by atoms with van der Waals surface area (Å²) < 4.78 is 5.85.